The van der Waals surface area contributed by atoms with Gasteiger partial charge in [-0.25, -0.2) is 9.97 Å². The predicted molar refractivity (Wildman–Crippen MR) is 108 cm³/mol. The number of nitrogens with one attached hydrogen (secondary N) is 1. The number of rotatable bonds is 3. The van der Waals surface area contributed by atoms with Crippen LogP contribution in [0.4, 0.5) is 11.6 Å². The molecule has 2 heterocycles. The Balaban J connectivity index is 1.54. The molecule has 0 fully saturated rings. The summed E-state index contributed by atoms with van der Waals surface area (Å²) in [6.07, 6.45) is 2.52. The van der Waals surface area contributed by atoms with E-state index < -0.39 is 0 Å². The molecule has 1 N–H and O–H groups in total. The summed E-state index contributed by atoms with van der Waals surface area (Å²) in [4.78, 5) is 23.5. The van der Waals surface area contributed by atoms with Crippen molar-refractivity contribution in [2.24, 2.45) is 0 Å². The van der Waals surface area contributed by atoms with Gasteiger partial charge in [0.05, 0.1) is 15.7 Å². The molecule has 1 amide bonds. The van der Waals surface area contributed by atoms with Crippen LogP contribution in [0, 0.1) is 0 Å². The van der Waals surface area contributed by atoms with Crippen LogP contribution in [0.5, 0.6) is 0 Å². The molecule has 1 aliphatic heterocycles. The Morgan fingerprint density at radius 2 is 1.85 bits per heavy atom. The van der Waals surface area contributed by atoms with Gasteiger partial charge in [0, 0.05) is 19.3 Å². The maximum Gasteiger partial charge on any atom is 0.274 e. The third kappa shape index (κ3) is 3.75. The summed E-state index contributed by atoms with van der Waals surface area (Å²) in [6.45, 7) is 1.53. The summed E-state index contributed by atoms with van der Waals surface area (Å²) in [5.74, 6) is 0.176. The number of anilines is 2. The van der Waals surface area contributed by atoms with Crippen molar-refractivity contribution in [3.05, 3.63) is 81.6 Å². The quantitative estimate of drug-likeness (QED) is 0.700. The van der Waals surface area contributed by atoms with E-state index >= 15 is 0 Å². The summed E-state index contributed by atoms with van der Waals surface area (Å²) in [5, 5.41) is 3.43. The zero-order valence-electron chi connectivity index (χ0n) is 14.3. The van der Waals surface area contributed by atoms with E-state index in [9.17, 15) is 4.79 Å². The number of fused-ring (bicyclic) bond motifs is 1. The van der Waals surface area contributed by atoms with E-state index in [1.807, 2.05) is 6.07 Å². The van der Waals surface area contributed by atoms with Crippen molar-refractivity contribution in [3.8, 4) is 0 Å². The summed E-state index contributed by atoms with van der Waals surface area (Å²) in [6, 6.07) is 15.0. The van der Waals surface area contributed by atoms with Crippen molar-refractivity contribution < 1.29 is 4.79 Å². The first kappa shape index (κ1) is 17.8. The van der Waals surface area contributed by atoms with Crippen LogP contribution in [0.15, 0.2) is 54.7 Å². The first-order valence-electron chi connectivity index (χ1n) is 8.52. The fourth-order valence-electron chi connectivity index (χ4n) is 3.08. The van der Waals surface area contributed by atoms with Crippen LogP contribution in [-0.4, -0.2) is 22.4 Å². The molecule has 0 atom stereocenters. The van der Waals surface area contributed by atoms with Gasteiger partial charge in [0.2, 0.25) is 5.95 Å². The minimum atomic E-state index is -0.361. The Labute approximate surface area is 167 Å². The van der Waals surface area contributed by atoms with Crippen molar-refractivity contribution in [3.63, 3.8) is 0 Å². The van der Waals surface area contributed by atoms with E-state index in [0.717, 1.165) is 19.5 Å². The predicted octanol–water partition coefficient (Wildman–Crippen LogP) is 4.60. The monoisotopic (exact) mass is 398 g/mol. The van der Waals surface area contributed by atoms with E-state index in [1.165, 1.54) is 11.1 Å². The molecule has 0 bridgehead atoms. The zero-order chi connectivity index (χ0) is 18.8. The second kappa shape index (κ2) is 7.55. The molecule has 5 nitrogen and oxygen atoms in total. The molecule has 2 aromatic carbocycles. The SMILES string of the molecule is O=C(Nc1cccc(Cl)c1Cl)c1ccnc(N2CCc3ccccc3C2)n1. The summed E-state index contributed by atoms with van der Waals surface area (Å²) in [5.41, 5.74) is 3.32. The minimum Gasteiger partial charge on any atom is -0.336 e. The molecule has 0 saturated carbocycles. The molecule has 7 heteroatoms. The molecule has 0 saturated heterocycles. The van der Waals surface area contributed by atoms with Gasteiger partial charge in [0.25, 0.3) is 5.91 Å². The van der Waals surface area contributed by atoms with Gasteiger partial charge in [-0.15, -0.1) is 0 Å². The Hall–Kier alpha value is -2.63. The Morgan fingerprint density at radius 1 is 1.04 bits per heavy atom. The van der Waals surface area contributed by atoms with Gasteiger partial charge in [-0.1, -0.05) is 53.5 Å². The van der Waals surface area contributed by atoms with Crippen LogP contribution >= 0.6 is 23.2 Å². The normalized spacial score (nSPS) is 13.2. The highest BCUT2D eigenvalue weighted by atomic mass is 35.5. The lowest BCUT2D eigenvalue weighted by molar-refractivity contribution is 0.102. The Bertz CT molecular complexity index is 1010. The highest BCUT2D eigenvalue weighted by Crippen LogP contribution is 2.30. The molecular weight excluding hydrogens is 383 g/mol. The van der Waals surface area contributed by atoms with Gasteiger partial charge in [0.1, 0.15) is 5.69 Å². The number of halogens is 2. The Morgan fingerprint density at radius 3 is 2.70 bits per heavy atom. The lowest BCUT2D eigenvalue weighted by Crippen LogP contribution is -2.32. The van der Waals surface area contributed by atoms with Gasteiger partial charge in [-0.05, 0) is 35.7 Å². The highest BCUT2D eigenvalue weighted by molar-refractivity contribution is 6.44. The molecule has 27 heavy (non-hydrogen) atoms. The van der Waals surface area contributed by atoms with Crippen molar-refractivity contribution in [1.82, 2.24) is 9.97 Å². The molecule has 1 aromatic heterocycles. The average Bonchev–Trinajstić information content (AvgIpc) is 2.71. The summed E-state index contributed by atoms with van der Waals surface area (Å²) >= 11 is 12.1. The molecule has 0 aliphatic carbocycles. The second-order valence-corrected chi connectivity index (χ2v) is 7.02. The maximum atomic E-state index is 12.6. The van der Waals surface area contributed by atoms with Crippen molar-refractivity contribution in [2.45, 2.75) is 13.0 Å². The van der Waals surface area contributed by atoms with Crippen LogP contribution in [-0.2, 0) is 13.0 Å². The maximum absolute atomic E-state index is 12.6. The van der Waals surface area contributed by atoms with E-state index in [2.05, 4.69) is 38.4 Å². The molecule has 3 aromatic rings. The molecule has 1 aliphatic rings. The average molecular weight is 399 g/mol. The third-order valence-electron chi connectivity index (χ3n) is 4.49. The number of nitrogens with zero attached hydrogens (tertiary/aromatic N) is 3. The minimum absolute atomic E-state index is 0.273. The lowest BCUT2D eigenvalue weighted by atomic mass is 10.0. The van der Waals surface area contributed by atoms with E-state index in [1.54, 1.807) is 30.5 Å². The second-order valence-electron chi connectivity index (χ2n) is 6.24. The smallest absolute Gasteiger partial charge is 0.274 e. The van der Waals surface area contributed by atoms with Crippen molar-refractivity contribution >= 4 is 40.7 Å². The van der Waals surface area contributed by atoms with Crippen molar-refractivity contribution in [1.29, 1.82) is 0 Å². The topological polar surface area (TPSA) is 58.1 Å². The number of hydrogen-bond donors (Lipinski definition) is 1. The van der Waals surface area contributed by atoms with Crippen LogP contribution in [0.1, 0.15) is 21.6 Å². The molecule has 0 spiro atoms. The lowest BCUT2D eigenvalue weighted by Gasteiger charge is -2.28. The molecule has 4 rings (SSSR count). The first-order valence-corrected chi connectivity index (χ1v) is 9.27. The number of amides is 1. The number of aromatic nitrogens is 2. The standard InChI is InChI=1S/C20H16Cl2N4O/c21-15-6-3-7-16(18(15)22)24-19(27)17-8-10-23-20(25-17)26-11-9-13-4-1-2-5-14(13)12-26/h1-8,10H,9,11-12H2,(H,24,27). The van der Waals surface area contributed by atoms with Crippen LogP contribution in [0.3, 0.4) is 0 Å². The highest BCUT2D eigenvalue weighted by Gasteiger charge is 2.19. The first-order chi connectivity index (χ1) is 13.1. The van der Waals surface area contributed by atoms with Gasteiger partial charge in [-0.3, -0.25) is 4.79 Å². The van der Waals surface area contributed by atoms with E-state index in [4.69, 9.17) is 23.2 Å². The number of carbonyl (C=O) groups is 1. The fourth-order valence-corrected chi connectivity index (χ4v) is 3.43. The van der Waals surface area contributed by atoms with Gasteiger partial charge >= 0.3 is 0 Å². The van der Waals surface area contributed by atoms with Gasteiger partial charge in [0.15, 0.2) is 0 Å². The fraction of sp³-hybridized carbons (Fsp3) is 0.150. The van der Waals surface area contributed by atoms with Crippen LogP contribution in [0.2, 0.25) is 10.0 Å². The Kier molecular flexibility index (Phi) is 4.97. The van der Waals surface area contributed by atoms with Crippen molar-refractivity contribution in [2.75, 3.05) is 16.8 Å². The van der Waals surface area contributed by atoms with Gasteiger partial charge in [-0.2, -0.15) is 0 Å². The largest absolute Gasteiger partial charge is 0.336 e. The summed E-state index contributed by atoms with van der Waals surface area (Å²) < 4.78 is 0. The molecule has 0 radical (unpaired) electrons. The van der Waals surface area contributed by atoms with Gasteiger partial charge < -0.3 is 10.2 Å². The number of carbonyl (C=O) groups excluding carboxylic acids is 1. The molecule has 0 unspecified atom stereocenters. The summed E-state index contributed by atoms with van der Waals surface area (Å²) in [7, 11) is 0. The number of benzene rings is 2. The zero-order valence-corrected chi connectivity index (χ0v) is 15.8. The van der Waals surface area contributed by atoms with E-state index in [-0.39, 0.29) is 11.6 Å². The van der Waals surface area contributed by atoms with Crippen LogP contribution in [0.25, 0.3) is 0 Å². The molecular formula is C20H16Cl2N4O. The number of hydrogen-bond acceptors (Lipinski definition) is 4. The molecule has 136 valence electrons. The van der Waals surface area contributed by atoms with Crippen LogP contribution < -0.4 is 10.2 Å². The van der Waals surface area contributed by atoms with E-state index in [0.29, 0.717) is 21.7 Å². The third-order valence-corrected chi connectivity index (χ3v) is 5.31.